The molecule has 9 heteroatoms. The second-order valence-corrected chi connectivity index (χ2v) is 7.77. The highest BCUT2D eigenvalue weighted by atomic mass is 32.1. The molecule has 29 heavy (non-hydrogen) atoms. The van der Waals surface area contributed by atoms with Crippen molar-refractivity contribution in [1.82, 2.24) is 15.8 Å². The van der Waals surface area contributed by atoms with Gasteiger partial charge >= 0.3 is 0 Å². The van der Waals surface area contributed by atoms with E-state index >= 15 is 0 Å². The number of carbonyl (C=O) groups is 2. The molecule has 1 aromatic carbocycles. The molecule has 2 heterocycles. The molecule has 0 atom stereocenters. The molecule has 1 aliphatic rings. The number of thiophene rings is 1. The van der Waals surface area contributed by atoms with Crippen LogP contribution in [0.2, 0.25) is 0 Å². The molecule has 2 amide bonds. The minimum absolute atomic E-state index is 0.0130. The summed E-state index contributed by atoms with van der Waals surface area (Å²) >= 11 is 1.45. The highest BCUT2D eigenvalue weighted by Gasteiger charge is 2.19. The Bertz CT molecular complexity index is 1040. The smallest absolute Gasteiger partial charge is 0.279 e. The van der Waals surface area contributed by atoms with Gasteiger partial charge in [0.15, 0.2) is 11.7 Å². The summed E-state index contributed by atoms with van der Waals surface area (Å²) in [6, 6.07) is 5.37. The third-order valence-electron chi connectivity index (χ3n) is 4.61. The van der Waals surface area contributed by atoms with Crippen LogP contribution in [0, 0.1) is 11.6 Å². The van der Waals surface area contributed by atoms with Crippen molar-refractivity contribution in [3.63, 3.8) is 0 Å². The highest BCUT2D eigenvalue weighted by Crippen LogP contribution is 2.30. The van der Waals surface area contributed by atoms with E-state index < -0.39 is 17.5 Å². The molecule has 0 saturated heterocycles. The van der Waals surface area contributed by atoms with Gasteiger partial charge in [-0.3, -0.25) is 20.4 Å². The first kappa shape index (κ1) is 19.3. The summed E-state index contributed by atoms with van der Waals surface area (Å²) in [5.41, 5.74) is 5.65. The molecule has 0 saturated carbocycles. The van der Waals surface area contributed by atoms with Crippen molar-refractivity contribution < 1.29 is 22.8 Å². The maximum Gasteiger partial charge on any atom is 0.279 e. The monoisotopic (exact) mass is 417 g/mol. The van der Waals surface area contributed by atoms with Crippen LogP contribution < -0.4 is 10.9 Å². The lowest BCUT2D eigenvalue weighted by atomic mass is 10.1. The largest absolute Gasteiger partial charge is 0.441 e. The number of carbonyl (C=O) groups excluding carboxylic acids is 2. The summed E-state index contributed by atoms with van der Waals surface area (Å²) in [6.45, 7) is 0. The third kappa shape index (κ3) is 4.19. The Morgan fingerprint density at radius 3 is 2.72 bits per heavy atom. The normalized spacial score (nSPS) is 12.6. The van der Waals surface area contributed by atoms with Crippen molar-refractivity contribution in [2.75, 3.05) is 0 Å². The molecule has 0 unspecified atom stereocenters. The van der Waals surface area contributed by atoms with Gasteiger partial charge in [0.25, 0.3) is 5.91 Å². The number of aryl methyl sites for hydroxylation is 3. The van der Waals surface area contributed by atoms with E-state index in [1.165, 1.54) is 34.0 Å². The fourth-order valence-corrected chi connectivity index (χ4v) is 4.34. The van der Waals surface area contributed by atoms with Crippen molar-refractivity contribution in [3.8, 4) is 11.3 Å². The molecule has 4 rings (SSSR count). The fraction of sp³-hybridized carbons (Fsp3) is 0.250. The van der Waals surface area contributed by atoms with E-state index in [4.69, 9.17) is 4.42 Å². The molecular weight excluding hydrogens is 400 g/mol. The van der Waals surface area contributed by atoms with Crippen molar-refractivity contribution in [2.24, 2.45) is 0 Å². The number of fused-ring (bicyclic) bond motifs is 1. The highest BCUT2D eigenvalue weighted by molar-refractivity contribution is 7.14. The average molecular weight is 417 g/mol. The van der Waals surface area contributed by atoms with Gasteiger partial charge in [-0.25, -0.2) is 13.8 Å². The number of aromatic nitrogens is 1. The summed E-state index contributed by atoms with van der Waals surface area (Å²) in [5, 5.41) is 0. The van der Waals surface area contributed by atoms with Gasteiger partial charge in [-0.1, -0.05) is 6.07 Å². The number of hydrogen-bond donors (Lipinski definition) is 2. The van der Waals surface area contributed by atoms with Gasteiger partial charge in [-0.2, -0.15) is 0 Å². The SMILES string of the molecule is O=C(CCc1ncc(-c2c(F)cccc2F)o1)NNC(=O)c1cc2c(s1)CCC2. The molecule has 150 valence electrons. The van der Waals surface area contributed by atoms with E-state index in [0.29, 0.717) is 4.88 Å². The van der Waals surface area contributed by atoms with E-state index in [1.54, 1.807) is 0 Å². The Morgan fingerprint density at radius 2 is 1.97 bits per heavy atom. The molecule has 0 spiro atoms. The number of hydrogen-bond acceptors (Lipinski definition) is 5. The van der Waals surface area contributed by atoms with Crippen LogP contribution in [0.3, 0.4) is 0 Å². The zero-order valence-electron chi connectivity index (χ0n) is 15.3. The molecule has 2 aromatic heterocycles. The average Bonchev–Trinajstić information content (AvgIpc) is 3.40. The molecule has 0 radical (unpaired) electrons. The van der Waals surface area contributed by atoms with Crippen molar-refractivity contribution >= 4 is 23.2 Å². The van der Waals surface area contributed by atoms with Crippen LogP contribution in [0.5, 0.6) is 0 Å². The second-order valence-electron chi connectivity index (χ2n) is 6.63. The maximum atomic E-state index is 13.8. The van der Waals surface area contributed by atoms with Gasteiger partial charge in [0.2, 0.25) is 5.91 Å². The molecule has 3 aromatic rings. The van der Waals surface area contributed by atoms with Gasteiger partial charge in [-0.15, -0.1) is 11.3 Å². The molecule has 0 fully saturated rings. The van der Waals surface area contributed by atoms with E-state index in [2.05, 4.69) is 15.8 Å². The van der Waals surface area contributed by atoms with Crippen molar-refractivity contribution in [3.05, 3.63) is 63.3 Å². The molecule has 0 bridgehead atoms. The van der Waals surface area contributed by atoms with Gasteiger partial charge < -0.3 is 4.42 Å². The molecule has 6 nitrogen and oxygen atoms in total. The summed E-state index contributed by atoms with van der Waals surface area (Å²) < 4.78 is 32.9. The van der Waals surface area contributed by atoms with Crippen LogP contribution in [-0.4, -0.2) is 16.8 Å². The van der Waals surface area contributed by atoms with Crippen LogP contribution in [0.15, 0.2) is 34.9 Å². The minimum Gasteiger partial charge on any atom is -0.441 e. The third-order valence-corrected chi connectivity index (χ3v) is 5.85. The van der Waals surface area contributed by atoms with E-state index in [9.17, 15) is 18.4 Å². The van der Waals surface area contributed by atoms with Gasteiger partial charge in [0, 0.05) is 17.7 Å². The van der Waals surface area contributed by atoms with Gasteiger partial charge in [0.1, 0.15) is 11.6 Å². The van der Waals surface area contributed by atoms with E-state index in [0.717, 1.165) is 31.4 Å². The molecule has 0 aliphatic heterocycles. The van der Waals surface area contributed by atoms with Gasteiger partial charge in [-0.05, 0) is 43.0 Å². The Hall–Kier alpha value is -3.07. The van der Waals surface area contributed by atoms with Crippen LogP contribution >= 0.6 is 11.3 Å². The Balaban J connectivity index is 1.29. The van der Waals surface area contributed by atoms with E-state index in [-0.39, 0.29) is 36.0 Å². The molecule has 2 N–H and O–H groups in total. The first-order valence-corrected chi connectivity index (χ1v) is 9.93. The number of hydrazine groups is 1. The number of amides is 2. The number of nitrogens with one attached hydrogen (secondary N) is 2. The predicted octanol–water partition coefficient (Wildman–Crippen LogP) is 3.56. The summed E-state index contributed by atoms with van der Waals surface area (Å²) in [5.74, 6) is -2.18. The molecule has 1 aliphatic carbocycles. The zero-order valence-corrected chi connectivity index (χ0v) is 16.1. The first-order valence-electron chi connectivity index (χ1n) is 9.11. The lowest BCUT2D eigenvalue weighted by Gasteiger charge is -2.05. The topological polar surface area (TPSA) is 84.2 Å². The molecular formula is C20H17F2N3O3S. The predicted molar refractivity (Wildman–Crippen MR) is 102 cm³/mol. The van der Waals surface area contributed by atoms with Crippen LogP contribution in [0.1, 0.15) is 38.8 Å². The van der Waals surface area contributed by atoms with Crippen LogP contribution in [-0.2, 0) is 24.1 Å². The number of rotatable bonds is 5. The van der Waals surface area contributed by atoms with Crippen molar-refractivity contribution in [1.29, 1.82) is 0 Å². The van der Waals surface area contributed by atoms with Crippen LogP contribution in [0.25, 0.3) is 11.3 Å². The van der Waals surface area contributed by atoms with Crippen LogP contribution in [0.4, 0.5) is 8.78 Å². The van der Waals surface area contributed by atoms with E-state index in [1.807, 2.05) is 6.07 Å². The number of nitrogens with zero attached hydrogens (tertiary/aromatic N) is 1. The lowest BCUT2D eigenvalue weighted by Crippen LogP contribution is -2.41. The summed E-state index contributed by atoms with van der Waals surface area (Å²) in [4.78, 5) is 29.9. The zero-order chi connectivity index (χ0) is 20.4. The Kier molecular flexibility index (Phi) is 5.39. The Labute approximate surface area is 168 Å². The first-order chi connectivity index (χ1) is 14.0. The lowest BCUT2D eigenvalue weighted by molar-refractivity contribution is -0.121. The maximum absolute atomic E-state index is 13.8. The quantitative estimate of drug-likeness (QED) is 0.622. The number of benzene rings is 1. The number of halogens is 2. The van der Waals surface area contributed by atoms with Crippen molar-refractivity contribution in [2.45, 2.75) is 32.1 Å². The van der Waals surface area contributed by atoms with Gasteiger partial charge in [0.05, 0.1) is 16.6 Å². The minimum atomic E-state index is -0.757. The summed E-state index contributed by atoms with van der Waals surface area (Å²) in [6.07, 6.45) is 4.42. The Morgan fingerprint density at radius 1 is 1.17 bits per heavy atom. The second kappa shape index (κ2) is 8.12. The standard InChI is InChI=1S/C20H17F2N3O3S/c21-12-4-2-5-13(22)19(12)14-10-23-18(28-14)8-7-17(26)24-25-20(27)16-9-11-3-1-6-15(11)29-16/h2,4-5,9-10H,1,3,6-8H2,(H,24,26)(H,25,27). The fourth-order valence-electron chi connectivity index (χ4n) is 3.19. The summed E-state index contributed by atoms with van der Waals surface area (Å²) in [7, 11) is 0. The number of oxazole rings is 1.